The molecule has 5 nitrogen and oxygen atoms in total. The van der Waals surface area contributed by atoms with Gasteiger partial charge >= 0.3 is 11.9 Å². The van der Waals surface area contributed by atoms with E-state index >= 15 is 0 Å². The molecule has 0 bridgehead atoms. The minimum absolute atomic E-state index is 0.0689. The SMILES string of the molecule is CCCCC/C=C/C/C=C/CCCCCCCC(=O)OC[C@H](CO)OC(=O)CCCCCCCCCCCCCCCCCCCCC. The quantitative estimate of drug-likeness (QED) is 0.0400. The second-order valence-corrected chi connectivity index (χ2v) is 14.1. The van der Waals surface area contributed by atoms with Crippen LogP contribution in [0.3, 0.4) is 0 Å². The van der Waals surface area contributed by atoms with Crippen molar-refractivity contribution in [2.75, 3.05) is 13.2 Å². The van der Waals surface area contributed by atoms with Crippen molar-refractivity contribution in [2.45, 2.75) is 225 Å². The van der Waals surface area contributed by atoms with Crippen LogP contribution in [-0.2, 0) is 19.1 Å². The summed E-state index contributed by atoms with van der Waals surface area (Å²) in [4.78, 5) is 24.3. The average Bonchev–Trinajstić information content (AvgIpc) is 3.09. The first-order chi connectivity index (χ1) is 23.6. The molecule has 0 aliphatic rings. The average molecular weight is 677 g/mol. The Kier molecular flexibility index (Phi) is 38.5. The van der Waals surface area contributed by atoms with Crippen molar-refractivity contribution in [3.05, 3.63) is 24.3 Å². The molecule has 282 valence electrons. The van der Waals surface area contributed by atoms with E-state index in [1.165, 1.54) is 141 Å². The topological polar surface area (TPSA) is 72.8 Å². The van der Waals surface area contributed by atoms with Crippen LogP contribution in [0.25, 0.3) is 0 Å². The fourth-order valence-corrected chi connectivity index (χ4v) is 6.06. The van der Waals surface area contributed by atoms with Crippen molar-refractivity contribution in [1.29, 1.82) is 0 Å². The highest BCUT2D eigenvalue weighted by Crippen LogP contribution is 2.15. The smallest absolute Gasteiger partial charge is 0.306 e. The second kappa shape index (κ2) is 39.8. The molecule has 0 aliphatic carbocycles. The Morgan fingerprint density at radius 1 is 0.479 bits per heavy atom. The summed E-state index contributed by atoms with van der Waals surface area (Å²) in [6.07, 6.45) is 46.7. The molecule has 0 spiro atoms. The van der Waals surface area contributed by atoms with Crippen molar-refractivity contribution in [3.63, 3.8) is 0 Å². The van der Waals surface area contributed by atoms with E-state index < -0.39 is 6.10 Å². The third kappa shape index (κ3) is 37.2. The summed E-state index contributed by atoms with van der Waals surface area (Å²) in [6, 6.07) is 0. The number of rotatable bonds is 38. The second-order valence-electron chi connectivity index (χ2n) is 14.1. The van der Waals surface area contributed by atoms with Crippen LogP contribution in [0.4, 0.5) is 0 Å². The summed E-state index contributed by atoms with van der Waals surface area (Å²) in [5, 5.41) is 9.56. The molecule has 48 heavy (non-hydrogen) atoms. The van der Waals surface area contributed by atoms with Gasteiger partial charge in [0.1, 0.15) is 6.61 Å². The van der Waals surface area contributed by atoms with Crippen LogP contribution >= 0.6 is 0 Å². The van der Waals surface area contributed by atoms with Crippen molar-refractivity contribution in [1.82, 2.24) is 0 Å². The van der Waals surface area contributed by atoms with E-state index in [0.29, 0.717) is 12.8 Å². The van der Waals surface area contributed by atoms with Crippen molar-refractivity contribution >= 4 is 11.9 Å². The van der Waals surface area contributed by atoms with Crippen molar-refractivity contribution in [3.8, 4) is 0 Å². The van der Waals surface area contributed by atoms with Crippen LogP contribution in [0, 0.1) is 0 Å². The van der Waals surface area contributed by atoms with E-state index in [1.54, 1.807) is 0 Å². The number of aliphatic hydroxyl groups excluding tert-OH is 1. The third-order valence-electron chi connectivity index (χ3n) is 9.25. The molecule has 1 atom stereocenters. The van der Waals surface area contributed by atoms with Gasteiger partial charge in [-0.2, -0.15) is 0 Å². The highest BCUT2D eigenvalue weighted by atomic mass is 16.6. The van der Waals surface area contributed by atoms with Crippen molar-refractivity contribution < 1.29 is 24.2 Å². The Labute approximate surface area is 298 Å². The maximum Gasteiger partial charge on any atom is 0.306 e. The number of carbonyl (C=O) groups excluding carboxylic acids is 2. The molecule has 0 radical (unpaired) electrons. The lowest BCUT2D eigenvalue weighted by molar-refractivity contribution is -0.161. The Bertz CT molecular complexity index is 731. The maximum absolute atomic E-state index is 12.2. The van der Waals surface area contributed by atoms with Gasteiger partial charge in [0.25, 0.3) is 0 Å². The minimum atomic E-state index is -0.772. The zero-order chi connectivity index (χ0) is 35.0. The Morgan fingerprint density at radius 3 is 1.27 bits per heavy atom. The zero-order valence-corrected chi connectivity index (χ0v) is 32.0. The number of aliphatic hydroxyl groups is 1. The fraction of sp³-hybridized carbons (Fsp3) is 0.860. The standard InChI is InChI=1S/C43H80O5/c1-3-5-7-9-11-13-15-17-19-20-21-22-24-26-28-30-32-34-36-38-43(46)48-41(39-44)40-47-42(45)37-35-33-31-29-27-25-23-18-16-14-12-10-8-6-4-2/h12,14,18,23,41,44H,3-11,13,15-17,19-22,24-40H2,1-2H3/b14-12+,23-18+/t41-/m0/s1. The summed E-state index contributed by atoms with van der Waals surface area (Å²) < 4.78 is 10.6. The molecule has 0 amide bonds. The van der Waals surface area contributed by atoms with Gasteiger partial charge in [0.05, 0.1) is 6.61 Å². The first-order valence-electron chi connectivity index (χ1n) is 20.9. The molecular weight excluding hydrogens is 596 g/mol. The van der Waals surface area contributed by atoms with Gasteiger partial charge < -0.3 is 14.6 Å². The van der Waals surface area contributed by atoms with Gasteiger partial charge in [0.2, 0.25) is 0 Å². The largest absolute Gasteiger partial charge is 0.462 e. The molecule has 0 fully saturated rings. The predicted octanol–water partition coefficient (Wildman–Crippen LogP) is 13.1. The molecule has 0 saturated heterocycles. The molecule has 0 rings (SSSR count). The molecule has 0 saturated carbocycles. The van der Waals surface area contributed by atoms with Gasteiger partial charge in [-0.15, -0.1) is 0 Å². The third-order valence-corrected chi connectivity index (χ3v) is 9.25. The number of unbranched alkanes of at least 4 members (excludes halogenated alkanes) is 26. The highest BCUT2D eigenvalue weighted by Gasteiger charge is 2.16. The Hall–Kier alpha value is -1.62. The molecule has 0 unspecified atom stereocenters. The maximum atomic E-state index is 12.2. The lowest BCUT2D eigenvalue weighted by Gasteiger charge is -2.15. The molecule has 1 N–H and O–H groups in total. The molecule has 5 heteroatoms. The summed E-state index contributed by atoms with van der Waals surface area (Å²) in [5.74, 6) is -0.597. The van der Waals surface area contributed by atoms with E-state index in [9.17, 15) is 14.7 Å². The summed E-state index contributed by atoms with van der Waals surface area (Å²) in [5.41, 5.74) is 0. The minimum Gasteiger partial charge on any atom is -0.462 e. The monoisotopic (exact) mass is 677 g/mol. The summed E-state index contributed by atoms with van der Waals surface area (Å²) in [7, 11) is 0. The van der Waals surface area contributed by atoms with Crippen LogP contribution in [0.2, 0.25) is 0 Å². The number of hydrogen-bond acceptors (Lipinski definition) is 5. The molecule has 0 heterocycles. The number of hydrogen-bond donors (Lipinski definition) is 1. The van der Waals surface area contributed by atoms with Crippen LogP contribution in [0.1, 0.15) is 219 Å². The van der Waals surface area contributed by atoms with Crippen LogP contribution in [-0.4, -0.2) is 36.4 Å². The molecule has 0 aromatic heterocycles. The molecule has 0 aromatic rings. The normalized spacial score (nSPS) is 12.3. The Balaban J connectivity index is 3.52. The number of ether oxygens (including phenoxy) is 2. The first-order valence-corrected chi connectivity index (χ1v) is 20.9. The van der Waals surface area contributed by atoms with Gasteiger partial charge in [-0.3, -0.25) is 9.59 Å². The summed E-state index contributed by atoms with van der Waals surface area (Å²) >= 11 is 0. The van der Waals surface area contributed by atoms with Crippen molar-refractivity contribution in [2.24, 2.45) is 0 Å². The van der Waals surface area contributed by atoms with E-state index in [0.717, 1.165) is 51.4 Å². The lowest BCUT2D eigenvalue weighted by Crippen LogP contribution is -2.28. The highest BCUT2D eigenvalue weighted by molar-refractivity contribution is 5.70. The van der Waals surface area contributed by atoms with E-state index in [1.807, 2.05) is 0 Å². The molecular formula is C43H80O5. The summed E-state index contributed by atoms with van der Waals surface area (Å²) in [6.45, 7) is 4.12. The number of allylic oxidation sites excluding steroid dienone is 4. The van der Waals surface area contributed by atoms with E-state index in [2.05, 4.69) is 38.2 Å². The fourth-order valence-electron chi connectivity index (χ4n) is 6.06. The van der Waals surface area contributed by atoms with E-state index in [4.69, 9.17) is 9.47 Å². The van der Waals surface area contributed by atoms with Crippen LogP contribution in [0.5, 0.6) is 0 Å². The zero-order valence-electron chi connectivity index (χ0n) is 32.0. The van der Waals surface area contributed by atoms with Gasteiger partial charge in [-0.25, -0.2) is 0 Å². The first kappa shape index (κ1) is 46.4. The van der Waals surface area contributed by atoms with Crippen LogP contribution < -0.4 is 0 Å². The Morgan fingerprint density at radius 2 is 0.833 bits per heavy atom. The van der Waals surface area contributed by atoms with Gasteiger partial charge in [0.15, 0.2) is 6.10 Å². The predicted molar refractivity (Wildman–Crippen MR) is 205 cm³/mol. The lowest BCUT2D eigenvalue weighted by atomic mass is 10.0. The number of carbonyl (C=O) groups is 2. The van der Waals surface area contributed by atoms with Gasteiger partial charge in [-0.05, 0) is 44.9 Å². The van der Waals surface area contributed by atoms with E-state index in [-0.39, 0.29) is 25.2 Å². The molecule has 0 aromatic carbocycles. The van der Waals surface area contributed by atoms with Gasteiger partial charge in [0, 0.05) is 12.8 Å². The van der Waals surface area contributed by atoms with Gasteiger partial charge in [-0.1, -0.05) is 186 Å². The van der Waals surface area contributed by atoms with Crippen LogP contribution in [0.15, 0.2) is 24.3 Å². The molecule has 0 aliphatic heterocycles. The number of esters is 2.